The summed E-state index contributed by atoms with van der Waals surface area (Å²) in [6.45, 7) is 5.02. The molecule has 2 atom stereocenters. The van der Waals surface area contributed by atoms with Crippen LogP contribution in [0.4, 0.5) is 0 Å². The summed E-state index contributed by atoms with van der Waals surface area (Å²) in [5.41, 5.74) is 1.91. The van der Waals surface area contributed by atoms with Crippen molar-refractivity contribution in [1.29, 1.82) is 5.41 Å². The number of nitrogens with one attached hydrogen (secondary N) is 1. The Morgan fingerprint density at radius 1 is 1.26 bits per heavy atom. The van der Waals surface area contributed by atoms with Gasteiger partial charge in [-0.1, -0.05) is 36.4 Å². The van der Waals surface area contributed by atoms with E-state index in [1.807, 2.05) is 67.7 Å². The number of aliphatic hydroxyl groups is 1. The molecule has 0 aliphatic carbocycles. The lowest BCUT2D eigenvalue weighted by molar-refractivity contribution is -0.134. The molecule has 1 aliphatic heterocycles. The van der Waals surface area contributed by atoms with E-state index in [1.165, 1.54) is 0 Å². The lowest BCUT2D eigenvalue weighted by Gasteiger charge is -2.32. The fourth-order valence-electron chi connectivity index (χ4n) is 3.97. The van der Waals surface area contributed by atoms with E-state index in [0.717, 1.165) is 29.4 Å². The second-order valence-corrected chi connectivity index (χ2v) is 7.92. The van der Waals surface area contributed by atoms with Crippen LogP contribution in [0.15, 0.2) is 73.4 Å². The van der Waals surface area contributed by atoms with Crippen molar-refractivity contribution in [3.8, 4) is 5.75 Å². The Morgan fingerprint density at radius 2 is 2.00 bits per heavy atom. The number of pyridine rings is 1. The summed E-state index contributed by atoms with van der Waals surface area (Å²) in [6, 6.07) is 19.4. The molecule has 0 radical (unpaired) electrons. The number of benzene rings is 2. The van der Waals surface area contributed by atoms with Gasteiger partial charge in [-0.3, -0.25) is 20.1 Å². The van der Waals surface area contributed by atoms with Crippen molar-refractivity contribution in [2.75, 3.05) is 33.3 Å². The largest absolute Gasteiger partial charge is 0.483 e. The minimum absolute atomic E-state index is 0. The van der Waals surface area contributed by atoms with Crippen molar-refractivity contribution in [3.05, 3.63) is 79.0 Å². The van der Waals surface area contributed by atoms with E-state index >= 15 is 0 Å². The molecule has 1 fully saturated rings. The van der Waals surface area contributed by atoms with Crippen LogP contribution in [-0.4, -0.2) is 76.5 Å². The van der Waals surface area contributed by atoms with Gasteiger partial charge in [0, 0.05) is 38.3 Å². The fourth-order valence-corrected chi connectivity index (χ4v) is 3.97. The molecular weight excluding hydrogens is 432 g/mol. The number of carbonyl (C=O) groups excluding carboxylic acids is 1. The Morgan fingerprint density at radius 3 is 2.68 bits per heavy atom. The number of fused-ring (bicyclic) bond motifs is 1. The Hall–Kier alpha value is -3.55. The smallest absolute Gasteiger partial charge is 0.260 e. The van der Waals surface area contributed by atoms with E-state index < -0.39 is 0 Å². The predicted octanol–water partition coefficient (Wildman–Crippen LogP) is 2.48. The second-order valence-electron chi connectivity index (χ2n) is 7.92. The molecule has 0 saturated carbocycles. The number of nitrogens with zero attached hydrogens (tertiary/aromatic N) is 3. The van der Waals surface area contributed by atoms with Gasteiger partial charge in [-0.15, -0.1) is 0 Å². The van der Waals surface area contributed by atoms with Crippen LogP contribution in [0.2, 0.25) is 0 Å². The van der Waals surface area contributed by atoms with Crippen molar-refractivity contribution in [2.24, 2.45) is 0 Å². The number of aliphatic hydroxyl groups excluding tert-OH is 1. The molecule has 0 spiro atoms. The second kappa shape index (κ2) is 13.2. The Balaban J connectivity index is 0.000000970. The number of ether oxygens (including phenoxy) is 1. The zero-order valence-corrected chi connectivity index (χ0v) is 19.4. The van der Waals surface area contributed by atoms with E-state index in [-0.39, 0.29) is 30.1 Å². The van der Waals surface area contributed by atoms with Crippen molar-refractivity contribution >= 4 is 22.7 Å². The molecule has 8 nitrogen and oxygen atoms in total. The third-order valence-corrected chi connectivity index (χ3v) is 5.68. The van der Waals surface area contributed by atoms with Crippen molar-refractivity contribution < 1.29 is 20.1 Å². The number of rotatable bonds is 7. The Bertz CT molecular complexity index is 1080. The predicted molar refractivity (Wildman–Crippen MR) is 133 cm³/mol. The van der Waals surface area contributed by atoms with Crippen molar-refractivity contribution in [2.45, 2.75) is 18.6 Å². The molecule has 180 valence electrons. The standard InChI is InChI=1S/C24H27N3O3.C2H3N.H2O/c1-26(22(18-7-3-2-4-8-18)16-27-14-12-19(28)15-27)24(29)17-30-23-11-5-10-21-20(23)9-6-13-25-21;1-2-3;/h2-11,13,19,22,28H,12,14-17H2,1H3;3H,1H2;1H2/t19-,22?;;/m0../s1. The molecule has 4 N–H and O–H groups in total. The van der Waals surface area contributed by atoms with Crippen molar-refractivity contribution in [3.63, 3.8) is 0 Å². The van der Waals surface area contributed by atoms with Crippen LogP contribution in [0.25, 0.3) is 10.9 Å². The molecule has 1 aliphatic rings. The summed E-state index contributed by atoms with van der Waals surface area (Å²) in [6.07, 6.45) is 2.23. The maximum Gasteiger partial charge on any atom is 0.260 e. The van der Waals surface area contributed by atoms with Gasteiger partial charge in [0.25, 0.3) is 5.91 Å². The quantitative estimate of drug-likeness (QED) is 0.520. The molecular formula is C26H32N4O4. The lowest BCUT2D eigenvalue weighted by atomic mass is 10.0. The SMILES string of the molecule is C=C=N.CN(C(=O)COc1cccc2ncccc12)C(CN1CC[C@H](O)C1)c1ccccc1.O. The number of likely N-dealkylation sites (N-methyl/N-ethyl adjacent to an activating group) is 1. The molecule has 3 aromatic rings. The summed E-state index contributed by atoms with van der Waals surface area (Å²) in [4.78, 5) is 21.3. The van der Waals surface area contributed by atoms with Crippen LogP contribution in [0.5, 0.6) is 5.75 Å². The van der Waals surface area contributed by atoms with Crippen LogP contribution in [0.3, 0.4) is 0 Å². The fraction of sp³-hybridized carbons (Fsp3) is 0.308. The molecule has 34 heavy (non-hydrogen) atoms. The highest BCUT2D eigenvalue weighted by Crippen LogP contribution is 2.25. The summed E-state index contributed by atoms with van der Waals surface area (Å²) < 4.78 is 5.89. The Labute approximate surface area is 199 Å². The monoisotopic (exact) mass is 464 g/mol. The van der Waals surface area contributed by atoms with Gasteiger partial charge in [0.05, 0.1) is 17.7 Å². The highest BCUT2D eigenvalue weighted by atomic mass is 16.5. The summed E-state index contributed by atoms with van der Waals surface area (Å²) >= 11 is 0. The maximum atomic E-state index is 13.0. The van der Waals surface area contributed by atoms with Gasteiger partial charge in [0.2, 0.25) is 0 Å². The third-order valence-electron chi connectivity index (χ3n) is 5.68. The number of aromatic nitrogens is 1. The maximum absolute atomic E-state index is 13.0. The molecule has 2 aromatic carbocycles. The van der Waals surface area contributed by atoms with Crippen LogP contribution < -0.4 is 4.74 Å². The molecule has 2 heterocycles. The minimum atomic E-state index is -0.286. The van der Waals surface area contributed by atoms with E-state index in [1.54, 1.807) is 17.0 Å². The van der Waals surface area contributed by atoms with Gasteiger partial charge >= 0.3 is 0 Å². The van der Waals surface area contributed by atoms with Gasteiger partial charge in [0.15, 0.2) is 6.61 Å². The number of amides is 1. The summed E-state index contributed by atoms with van der Waals surface area (Å²) in [5.74, 6) is 2.31. The first-order valence-electron chi connectivity index (χ1n) is 10.9. The zero-order chi connectivity index (χ0) is 23.6. The molecule has 4 rings (SSSR count). The highest BCUT2D eigenvalue weighted by molar-refractivity contribution is 5.85. The first-order valence-corrected chi connectivity index (χ1v) is 10.9. The zero-order valence-electron chi connectivity index (χ0n) is 19.4. The lowest BCUT2D eigenvalue weighted by Crippen LogP contribution is -2.40. The first kappa shape index (κ1) is 26.7. The van der Waals surface area contributed by atoms with Gasteiger partial charge in [-0.05, 0) is 48.7 Å². The topological polar surface area (TPSA) is 121 Å². The van der Waals surface area contributed by atoms with Crippen LogP contribution in [-0.2, 0) is 4.79 Å². The summed E-state index contributed by atoms with van der Waals surface area (Å²) in [7, 11) is 1.82. The molecule has 0 bridgehead atoms. The molecule has 1 unspecified atom stereocenters. The van der Waals surface area contributed by atoms with E-state index in [2.05, 4.69) is 16.5 Å². The summed E-state index contributed by atoms with van der Waals surface area (Å²) in [5, 5.41) is 16.6. The number of β-amino-alcohol motifs (C(OH)–C–C–N with tert-alkyl or cyclic N) is 1. The molecule has 8 heteroatoms. The highest BCUT2D eigenvalue weighted by Gasteiger charge is 2.28. The average Bonchev–Trinajstić information content (AvgIpc) is 3.26. The number of likely N-dealkylation sites (tertiary alicyclic amines) is 1. The van der Waals surface area contributed by atoms with Crippen molar-refractivity contribution in [1.82, 2.24) is 14.8 Å². The van der Waals surface area contributed by atoms with Gasteiger partial charge in [-0.25, -0.2) is 0 Å². The van der Waals surface area contributed by atoms with Gasteiger partial charge < -0.3 is 20.2 Å². The van der Waals surface area contributed by atoms with Crippen LogP contribution >= 0.6 is 0 Å². The average molecular weight is 465 g/mol. The number of carbonyl (C=O) groups is 1. The number of hydrogen-bond donors (Lipinski definition) is 2. The third kappa shape index (κ3) is 6.97. The van der Waals surface area contributed by atoms with E-state index in [0.29, 0.717) is 18.8 Å². The molecule has 1 saturated heterocycles. The minimum Gasteiger partial charge on any atom is -0.483 e. The van der Waals surface area contributed by atoms with Gasteiger partial charge in [0.1, 0.15) is 5.75 Å². The van der Waals surface area contributed by atoms with Crippen LogP contribution in [0.1, 0.15) is 18.0 Å². The first-order chi connectivity index (χ1) is 16.0. The number of hydrogen-bond acceptors (Lipinski definition) is 6. The molecule has 1 aromatic heterocycles. The Kier molecular flexibility index (Phi) is 10.4. The van der Waals surface area contributed by atoms with E-state index in [9.17, 15) is 9.90 Å². The van der Waals surface area contributed by atoms with E-state index in [4.69, 9.17) is 10.1 Å². The molecule has 1 amide bonds. The normalized spacial score (nSPS) is 15.9. The van der Waals surface area contributed by atoms with Crippen LogP contribution in [0, 0.1) is 5.41 Å². The van der Waals surface area contributed by atoms with Gasteiger partial charge in [-0.2, -0.15) is 0 Å².